The van der Waals surface area contributed by atoms with Crippen molar-refractivity contribution < 1.29 is 37.9 Å². The number of benzene rings is 2. The Morgan fingerprint density at radius 3 is 1.77 bits per heavy atom. The van der Waals surface area contributed by atoms with Crippen LogP contribution in [0.15, 0.2) is 24.3 Å². The monoisotopic (exact) mass is 430 g/mol. The first kappa shape index (κ1) is 20.1. The molecule has 3 aliphatic heterocycles. The molecule has 0 unspecified atom stereocenters. The molecule has 3 aliphatic rings. The van der Waals surface area contributed by atoms with Crippen LogP contribution in [0.5, 0.6) is 34.5 Å². The van der Waals surface area contributed by atoms with Gasteiger partial charge >= 0.3 is 0 Å². The summed E-state index contributed by atoms with van der Waals surface area (Å²) in [5.41, 5.74) is 1.98. The first-order chi connectivity index (χ1) is 15.2. The van der Waals surface area contributed by atoms with E-state index < -0.39 is 0 Å². The topological polar surface area (TPSA) is 73.8 Å². The minimum Gasteiger partial charge on any atom is -0.493 e. The first-order valence-electron chi connectivity index (χ1n) is 10.2. The highest BCUT2D eigenvalue weighted by Crippen LogP contribution is 2.54. The molecule has 31 heavy (non-hydrogen) atoms. The van der Waals surface area contributed by atoms with Crippen molar-refractivity contribution in [1.82, 2.24) is 0 Å². The van der Waals surface area contributed by atoms with E-state index in [9.17, 15) is 0 Å². The molecule has 0 radical (unpaired) electrons. The van der Waals surface area contributed by atoms with Crippen LogP contribution in [-0.2, 0) is 9.47 Å². The van der Waals surface area contributed by atoms with Crippen LogP contribution in [0.3, 0.4) is 0 Å². The third-order valence-electron chi connectivity index (χ3n) is 6.29. The normalized spacial score (nSPS) is 25.9. The average molecular weight is 430 g/mol. The first-order valence-corrected chi connectivity index (χ1v) is 10.2. The number of hydrogen-bond donors (Lipinski definition) is 0. The summed E-state index contributed by atoms with van der Waals surface area (Å²) < 4.78 is 45.6. The molecule has 0 aromatic heterocycles. The van der Waals surface area contributed by atoms with Gasteiger partial charge in [-0.2, -0.15) is 0 Å². The molecule has 0 amide bonds. The molecule has 2 fully saturated rings. The van der Waals surface area contributed by atoms with Crippen molar-refractivity contribution in [3.05, 3.63) is 35.4 Å². The maximum Gasteiger partial charge on any atom is 0.231 e. The van der Waals surface area contributed by atoms with Gasteiger partial charge in [0.15, 0.2) is 23.0 Å². The number of fused-ring (bicyclic) bond motifs is 2. The van der Waals surface area contributed by atoms with E-state index in [4.69, 9.17) is 37.9 Å². The van der Waals surface area contributed by atoms with E-state index in [0.717, 1.165) is 11.1 Å². The summed E-state index contributed by atoms with van der Waals surface area (Å²) in [7, 11) is 6.44. The smallest absolute Gasteiger partial charge is 0.231 e. The fraction of sp³-hybridized carbons (Fsp3) is 0.478. The highest BCUT2D eigenvalue weighted by atomic mass is 16.7. The van der Waals surface area contributed by atoms with Crippen molar-refractivity contribution in [2.24, 2.45) is 11.8 Å². The minimum absolute atomic E-state index is 0.111. The summed E-state index contributed by atoms with van der Waals surface area (Å²) in [4.78, 5) is 0. The SMILES string of the molecule is COc1cc([C@@H]2OC[C@H]3[C@@H]2CO[C@H]3c2cc(OC)c3c(c2)OCO3)cc(OC)c1OC. The Bertz CT molecular complexity index is 949. The van der Waals surface area contributed by atoms with Crippen LogP contribution in [-0.4, -0.2) is 48.4 Å². The van der Waals surface area contributed by atoms with Crippen LogP contribution in [0.2, 0.25) is 0 Å². The average Bonchev–Trinajstić information content (AvgIpc) is 3.53. The summed E-state index contributed by atoms with van der Waals surface area (Å²) >= 11 is 0. The van der Waals surface area contributed by atoms with Gasteiger partial charge in [-0.3, -0.25) is 0 Å². The number of hydrogen-bond acceptors (Lipinski definition) is 8. The Balaban J connectivity index is 1.44. The van der Waals surface area contributed by atoms with E-state index in [1.807, 2.05) is 24.3 Å². The van der Waals surface area contributed by atoms with Crippen LogP contribution in [0.25, 0.3) is 0 Å². The minimum atomic E-state index is -0.125. The summed E-state index contributed by atoms with van der Waals surface area (Å²) in [6.45, 7) is 1.37. The summed E-state index contributed by atoms with van der Waals surface area (Å²) in [6.07, 6.45) is -0.236. The van der Waals surface area contributed by atoms with Crippen LogP contribution < -0.4 is 28.4 Å². The second-order valence-corrected chi connectivity index (χ2v) is 7.75. The predicted molar refractivity (Wildman–Crippen MR) is 110 cm³/mol. The lowest BCUT2D eigenvalue weighted by Crippen LogP contribution is -2.15. The zero-order chi connectivity index (χ0) is 21.5. The Kier molecular flexibility index (Phi) is 5.19. The van der Waals surface area contributed by atoms with E-state index in [1.165, 1.54) is 0 Å². The van der Waals surface area contributed by atoms with Crippen molar-refractivity contribution in [1.29, 1.82) is 0 Å². The molecule has 2 aromatic rings. The molecule has 0 N–H and O–H groups in total. The molecule has 8 heteroatoms. The van der Waals surface area contributed by atoms with Crippen LogP contribution in [0.4, 0.5) is 0 Å². The Morgan fingerprint density at radius 1 is 0.677 bits per heavy atom. The molecule has 8 nitrogen and oxygen atoms in total. The van der Waals surface area contributed by atoms with Gasteiger partial charge in [0.25, 0.3) is 0 Å². The lowest BCUT2D eigenvalue weighted by Gasteiger charge is -2.20. The quantitative estimate of drug-likeness (QED) is 0.689. The van der Waals surface area contributed by atoms with Gasteiger partial charge in [0.05, 0.1) is 53.9 Å². The van der Waals surface area contributed by atoms with Gasteiger partial charge in [-0.25, -0.2) is 0 Å². The highest BCUT2D eigenvalue weighted by molar-refractivity contribution is 5.56. The van der Waals surface area contributed by atoms with Crippen molar-refractivity contribution in [2.75, 3.05) is 48.4 Å². The van der Waals surface area contributed by atoms with Crippen molar-refractivity contribution in [2.45, 2.75) is 12.2 Å². The fourth-order valence-electron chi connectivity index (χ4n) is 4.81. The molecular formula is C23H26O8. The largest absolute Gasteiger partial charge is 0.493 e. The highest BCUT2D eigenvalue weighted by Gasteiger charge is 2.48. The lowest BCUT2D eigenvalue weighted by molar-refractivity contribution is 0.0190. The van der Waals surface area contributed by atoms with Crippen molar-refractivity contribution in [3.63, 3.8) is 0 Å². The number of rotatable bonds is 6. The van der Waals surface area contributed by atoms with Gasteiger partial charge < -0.3 is 37.9 Å². The third kappa shape index (κ3) is 3.21. The molecule has 0 spiro atoms. The molecule has 2 saturated heterocycles. The van der Waals surface area contributed by atoms with E-state index in [0.29, 0.717) is 47.7 Å². The van der Waals surface area contributed by atoms with E-state index >= 15 is 0 Å². The predicted octanol–water partition coefficient (Wildman–Crippen LogP) is 3.52. The molecule has 0 saturated carbocycles. The van der Waals surface area contributed by atoms with Gasteiger partial charge in [-0.05, 0) is 35.4 Å². The molecule has 2 aromatic carbocycles. The fourth-order valence-corrected chi connectivity index (χ4v) is 4.81. The lowest BCUT2D eigenvalue weighted by atomic mass is 9.84. The Hall–Kier alpha value is -2.84. The molecule has 3 heterocycles. The van der Waals surface area contributed by atoms with Gasteiger partial charge in [0.2, 0.25) is 18.3 Å². The number of ether oxygens (including phenoxy) is 8. The molecule has 0 aliphatic carbocycles. The molecule has 5 rings (SSSR count). The second-order valence-electron chi connectivity index (χ2n) is 7.75. The maximum absolute atomic E-state index is 6.26. The summed E-state index contributed by atoms with van der Waals surface area (Å²) in [5.74, 6) is 4.16. The molecule has 4 atom stereocenters. The summed E-state index contributed by atoms with van der Waals surface area (Å²) in [6, 6.07) is 7.84. The standard InChI is InChI=1S/C23H26O8/c1-24-16-5-12(6-17(25-2)22(16)27-4)20-14-9-29-21(15(14)10-28-20)13-7-18(26-3)23-19(8-13)30-11-31-23/h5-8,14-15,20-21H,9-11H2,1-4H3/t14-,15-,20-,21-/m0/s1. The maximum atomic E-state index is 6.26. The van der Waals surface area contributed by atoms with Crippen LogP contribution in [0.1, 0.15) is 23.3 Å². The Morgan fingerprint density at radius 2 is 1.23 bits per heavy atom. The third-order valence-corrected chi connectivity index (χ3v) is 6.29. The number of methoxy groups -OCH3 is 4. The van der Waals surface area contributed by atoms with Gasteiger partial charge in [0.1, 0.15) is 0 Å². The van der Waals surface area contributed by atoms with E-state index in [2.05, 4.69) is 0 Å². The Labute approximate surface area is 180 Å². The van der Waals surface area contributed by atoms with Crippen LogP contribution >= 0.6 is 0 Å². The molecule has 166 valence electrons. The molecular weight excluding hydrogens is 404 g/mol. The zero-order valence-electron chi connectivity index (χ0n) is 18.0. The second kappa shape index (κ2) is 8.01. The van der Waals surface area contributed by atoms with Gasteiger partial charge in [0, 0.05) is 11.8 Å². The van der Waals surface area contributed by atoms with Gasteiger partial charge in [-0.1, -0.05) is 0 Å². The van der Waals surface area contributed by atoms with E-state index in [1.54, 1.807) is 28.4 Å². The van der Waals surface area contributed by atoms with E-state index in [-0.39, 0.29) is 30.8 Å². The zero-order valence-corrected chi connectivity index (χ0v) is 18.0. The van der Waals surface area contributed by atoms with Crippen molar-refractivity contribution in [3.8, 4) is 34.5 Å². The summed E-state index contributed by atoms with van der Waals surface area (Å²) in [5, 5.41) is 0. The van der Waals surface area contributed by atoms with Crippen LogP contribution in [0, 0.1) is 11.8 Å². The van der Waals surface area contributed by atoms with Crippen molar-refractivity contribution >= 4 is 0 Å². The molecule has 0 bridgehead atoms. The van der Waals surface area contributed by atoms with Gasteiger partial charge in [-0.15, -0.1) is 0 Å².